The first-order valence-corrected chi connectivity index (χ1v) is 9.60. The predicted molar refractivity (Wildman–Crippen MR) is 90.1 cm³/mol. The number of rotatable bonds is 8. The van der Waals surface area contributed by atoms with E-state index in [0.29, 0.717) is 5.41 Å². The molecule has 1 atom stereocenters. The molecule has 0 bridgehead atoms. The second-order valence-corrected chi connectivity index (χ2v) is 7.18. The number of alkyl halides is 1. The average Bonchev–Trinajstić information content (AvgIpc) is 2.64. The van der Waals surface area contributed by atoms with Gasteiger partial charge in [0.05, 0.1) is 0 Å². The van der Waals surface area contributed by atoms with Crippen LogP contribution in [0.5, 0.6) is 0 Å². The minimum absolute atomic E-state index is 0.523. The van der Waals surface area contributed by atoms with Crippen LogP contribution in [0.4, 0.5) is 0 Å². The van der Waals surface area contributed by atoms with Gasteiger partial charge in [-0.1, -0.05) is 56.0 Å². The SMILES string of the molecule is CCCC(CBr)(CCC)CN1CCCC(CC)CC1. The lowest BCUT2D eigenvalue weighted by Gasteiger charge is -2.37. The smallest absolute Gasteiger partial charge is 0.0100 e. The number of likely N-dealkylation sites (tertiary alicyclic amines) is 1. The first-order valence-electron chi connectivity index (χ1n) is 8.48. The largest absolute Gasteiger partial charge is 0.303 e. The maximum Gasteiger partial charge on any atom is 0.0100 e. The summed E-state index contributed by atoms with van der Waals surface area (Å²) in [5.41, 5.74) is 0.523. The Labute approximate surface area is 129 Å². The minimum Gasteiger partial charge on any atom is -0.303 e. The molecule has 0 aromatic carbocycles. The molecule has 114 valence electrons. The van der Waals surface area contributed by atoms with E-state index in [4.69, 9.17) is 0 Å². The molecule has 0 spiro atoms. The van der Waals surface area contributed by atoms with Crippen molar-refractivity contribution in [3.05, 3.63) is 0 Å². The summed E-state index contributed by atoms with van der Waals surface area (Å²) >= 11 is 3.82. The fraction of sp³-hybridized carbons (Fsp3) is 1.00. The molecular weight excluding hydrogens is 298 g/mol. The van der Waals surface area contributed by atoms with Gasteiger partial charge in [-0.3, -0.25) is 0 Å². The molecule has 0 radical (unpaired) electrons. The van der Waals surface area contributed by atoms with Crippen molar-refractivity contribution in [3.63, 3.8) is 0 Å². The highest BCUT2D eigenvalue weighted by Gasteiger charge is 2.30. The van der Waals surface area contributed by atoms with E-state index in [0.717, 1.165) is 5.92 Å². The molecule has 0 saturated carbocycles. The summed E-state index contributed by atoms with van der Waals surface area (Å²) in [4.78, 5) is 2.77. The highest BCUT2D eigenvalue weighted by atomic mass is 79.9. The van der Waals surface area contributed by atoms with Crippen LogP contribution in [0.2, 0.25) is 0 Å². The molecule has 2 heteroatoms. The Balaban J connectivity index is 2.57. The first kappa shape index (κ1) is 17.5. The van der Waals surface area contributed by atoms with Crippen LogP contribution in [-0.4, -0.2) is 29.9 Å². The van der Waals surface area contributed by atoms with Crippen LogP contribution in [0, 0.1) is 11.3 Å². The van der Waals surface area contributed by atoms with Gasteiger partial charge in [-0.25, -0.2) is 0 Å². The highest BCUT2D eigenvalue weighted by Crippen LogP contribution is 2.34. The van der Waals surface area contributed by atoms with Crippen LogP contribution in [-0.2, 0) is 0 Å². The quantitative estimate of drug-likeness (QED) is 0.532. The van der Waals surface area contributed by atoms with Gasteiger partial charge in [0.15, 0.2) is 0 Å². The first-order chi connectivity index (χ1) is 9.19. The standard InChI is InChI=1S/C17H34BrN/c1-4-10-17(14-18,11-5-2)15-19-12-7-8-16(6-3)9-13-19/h16H,4-15H2,1-3H3. The van der Waals surface area contributed by atoms with E-state index in [1.165, 1.54) is 76.3 Å². The molecule has 0 aromatic rings. The predicted octanol–water partition coefficient (Wildman–Crippen LogP) is 5.48. The van der Waals surface area contributed by atoms with Gasteiger partial charge in [0, 0.05) is 11.9 Å². The zero-order valence-electron chi connectivity index (χ0n) is 13.4. The van der Waals surface area contributed by atoms with Gasteiger partial charge in [0.2, 0.25) is 0 Å². The number of halogens is 1. The molecule has 1 unspecified atom stereocenters. The molecule has 0 N–H and O–H groups in total. The minimum atomic E-state index is 0.523. The summed E-state index contributed by atoms with van der Waals surface area (Å²) in [6.07, 6.45) is 11.0. The molecule has 1 aliphatic rings. The van der Waals surface area contributed by atoms with Gasteiger partial charge in [-0.15, -0.1) is 0 Å². The lowest BCUT2D eigenvalue weighted by Crippen LogP contribution is -2.39. The number of hydrogen-bond acceptors (Lipinski definition) is 1. The molecule has 0 amide bonds. The van der Waals surface area contributed by atoms with Gasteiger partial charge in [0.1, 0.15) is 0 Å². The number of nitrogens with zero attached hydrogens (tertiary/aromatic N) is 1. The lowest BCUT2D eigenvalue weighted by molar-refractivity contribution is 0.149. The third-order valence-electron chi connectivity index (χ3n) is 4.92. The Morgan fingerprint density at radius 2 is 1.74 bits per heavy atom. The number of hydrogen-bond donors (Lipinski definition) is 0. The van der Waals surface area contributed by atoms with Crippen LogP contribution in [0.3, 0.4) is 0 Å². The van der Waals surface area contributed by atoms with Crippen molar-refractivity contribution in [1.29, 1.82) is 0 Å². The molecule has 1 fully saturated rings. The molecular formula is C17H34BrN. The van der Waals surface area contributed by atoms with Crippen molar-refractivity contribution in [1.82, 2.24) is 4.90 Å². The molecule has 1 nitrogen and oxygen atoms in total. The zero-order valence-corrected chi connectivity index (χ0v) is 15.0. The topological polar surface area (TPSA) is 3.24 Å². The van der Waals surface area contributed by atoms with E-state index in [1.807, 2.05) is 0 Å². The Kier molecular flexibility index (Phi) is 8.64. The van der Waals surface area contributed by atoms with Gasteiger partial charge < -0.3 is 4.90 Å². The summed E-state index contributed by atoms with van der Waals surface area (Å²) < 4.78 is 0. The molecule has 1 aliphatic heterocycles. The van der Waals surface area contributed by atoms with E-state index in [1.54, 1.807) is 0 Å². The van der Waals surface area contributed by atoms with E-state index in [9.17, 15) is 0 Å². The fourth-order valence-electron chi connectivity index (χ4n) is 3.79. The van der Waals surface area contributed by atoms with Crippen molar-refractivity contribution in [2.75, 3.05) is 25.0 Å². The van der Waals surface area contributed by atoms with Crippen LogP contribution in [0.25, 0.3) is 0 Å². The van der Waals surface area contributed by atoms with Gasteiger partial charge in [-0.2, -0.15) is 0 Å². The van der Waals surface area contributed by atoms with Crippen LogP contribution in [0.15, 0.2) is 0 Å². The van der Waals surface area contributed by atoms with Gasteiger partial charge in [0.25, 0.3) is 0 Å². The average molecular weight is 332 g/mol. The van der Waals surface area contributed by atoms with Crippen molar-refractivity contribution in [2.24, 2.45) is 11.3 Å². The molecule has 1 saturated heterocycles. The molecule has 1 rings (SSSR count). The summed E-state index contributed by atoms with van der Waals surface area (Å²) in [5.74, 6) is 0.987. The van der Waals surface area contributed by atoms with Crippen molar-refractivity contribution < 1.29 is 0 Å². The Bertz CT molecular complexity index is 223. The third kappa shape index (κ3) is 5.75. The second kappa shape index (κ2) is 9.39. The second-order valence-electron chi connectivity index (χ2n) is 6.61. The van der Waals surface area contributed by atoms with Crippen molar-refractivity contribution >= 4 is 15.9 Å². The van der Waals surface area contributed by atoms with Crippen molar-refractivity contribution in [3.8, 4) is 0 Å². The van der Waals surface area contributed by atoms with Crippen LogP contribution in [0.1, 0.15) is 72.1 Å². The third-order valence-corrected chi connectivity index (χ3v) is 6.11. The maximum absolute atomic E-state index is 3.82. The molecule has 1 heterocycles. The Hall–Kier alpha value is 0.440. The van der Waals surface area contributed by atoms with Crippen LogP contribution >= 0.6 is 15.9 Å². The molecule has 19 heavy (non-hydrogen) atoms. The lowest BCUT2D eigenvalue weighted by atomic mass is 9.80. The van der Waals surface area contributed by atoms with Crippen LogP contribution < -0.4 is 0 Å². The maximum atomic E-state index is 3.82. The van der Waals surface area contributed by atoms with E-state index in [2.05, 4.69) is 41.6 Å². The summed E-state index contributed by atoms with van der Waals surface area (Å²) in [6, 6.07) is 0. The Morgan fingerprint density at radius 1 is 1.05 bits per heavy atom. The molecule has 0 aliphatic carbocycles. The van der Waals surface area contributed by atoms with E-state index in [-0.39, 0.29) is 0 Å². The molecule has 0 aromatic heterocycles. The van der Waals surface area contributed by atoms with E-state index >= 15 is 0 Å². The van der Waals surface area contributed by atoms with E-state index < -0.39 is 0 Å². The zero-order chi connectivity index (χ0) is 14.1. The summed E-state index contributed by atoms with van der Waals surface area (Å²) in [6.45, 7) is 11.0. The Morgan fingerprint density at radius 3 is 2.26 bits per heavy atom. The highest BCUT2D eigenvalue weighted by molar-refractivity contribution is 9.09. The van der Waals surface area contributed by atoms with Gasteiger partial charge >= 0.3 is 0 Å². The van der Waals surface area contributed by atoms with Gasteiger partial charge in [-0.05, 0) is 56.5 Å². The monoisotopic (exact) mass is 331 g/mol. The summed E-state index contributed by atoms with van der Waals surface area (Å²) in [7, 11) is 0. The summed E-state index contributed by atoms with van der Waals surface area (Å²) in [5, 5.41) is 1.18. The normalized spacial score (nSPS) is 22.4. The fourth-order valence-corrected chi connectivity index (χ4v) is 4.52. The van der Waals surface area contributed by atoms with Crippen molar-refractivity contribution in [2.45, 2.75) is 72.1 Å².